The Labute approximate surface area is 124 Å². The number of benzene rings is 1. The molecule has 0 aromatic heterocycles. The molecule has 0 aliphatic heterocycles. The molecular weight excluding hydrogens is 284 g/mol. The van der Waals surface area contributed by atoms with E-state index in [2.05, 4.69) is 0 Å². The molecule has 114 valence electrons. The van der Waals surface area contributed by atoms with Gasteiger partial charge in [-0.25, -0.2) is 0 Å². The number of halogens is 1. The van der Waals surface area contributed by atoms with E-state index in [4.69, 9.17) is 5.73 Å². The SMILES string of the molecule is CC(C)CC[C@H](O)[C@H](N)c1cc(O)ccc1[N+](=O)[O-].Cl. The maximum absolute atomic E-state index is 10.9. The van der Waals surface area contributed by atoms with E-state index in [1.165, 1.54) is 18.2 Å². The first kappa shape index (κ1) is 18.6. The van der Waals surface area contributed by atoms with Gasteiger partial charge in [0.2, 0.25) is 0 Å². The number of phenols is 1. The minimum Gasteiger partial charge on any atom is -0.508 e. The summed E-state index contributed by atoms with van der Waals surface area (Å²) < 4.78 is 0. The number of nitro groups is 1. The molecule has 0 heterocycles. The minimum atomic E-state index is -0.883. The number of hydrogen-bond donors (Lipinski definition) is 3. The summed E-state index contributed by atoms with van der Waals surface area (Å²) in [4.78, 5) is 10.3. The molecule has 0 spiro atoms. The van der Waals surface area contributed by atoms with Crippen molar-refractivity contribution in [2.45, 2.75) is 38.8 Å². The van der Waals surface area contributed by atoms with Gasteiger partial charge < -0.3 is 15.9 Å². The monoisotopic (exact) mass is 304 g/mol. The van der Waals surface area contributed by atoms with Crippen molar-refractivity contribution < 1.29 is 15.1 Å². The number of rotatable bonds is 6. The third-order valence-corrected chi connectivity index (χ3v) is 3.02. The maximum Gasteiger partial charge on any atom is 0.274 e. The summed E-state index contributed by atoms with van der Waals surface area (Å²) in [7, 11) is 0. The zero-order chi connectivity index (χ0) is 14.6. The highest BCUT2D eigenvalue weighted by atomic mass is 35.5. The van der Waals surface area contributed by atoms with Gasteiger partial charge in [-0.05, 0) is 30.9 Å². The second kappa shape index (κ2) is 8.04. The van der Waals surface area contributed by atoms with Gasteiger partial charge in [0.05, 0.1) is 22.6 Å². The predicted molar refractivity (Wildman–Crippen MR) is 79.0 cm³/mol. The molecule has 0 aliphatic carbocycles. The van der Waals surface area contributed by atoms with Crippen LogP contribution < -0.4 is 5.73 Å². The van der Waals surface area contributed by atoms with Crippen LogP contribution in [0.1, 0.15) is 38.3 Å². The summed E-state index contributed by atoms with van der Waals surface area (Å²) in [5.74, 6) is 0.313. The van der Waals surface area contributed by atoms with Crippen LogP contribution in [0.15, 0.2) is 18.2 Å². The molecule has 20 heavy (non-hydrogen) atoms. The van der Waals surface area contributed by atoms with Gasteiger partial charge in [0.15, 0.2) is 0 Å². The van der Waals surface area contributed by atoms with Crippen molar-refractivity contribution in [1.82, 2.24) is 0 Å². The van der Waals surface area contributed by atoms with Crippen LogP contribution in [0.2, 0.25) is 0 Å². The molecule has 0 aliphatic rings. The van der Waals surface area contributed by atoms with Crippen molar-refractivity contribution in [1.29, 1.82) is 0 Å². The standard InChI is InChI=1S/C13H20N2O4.ClH/c1-8(2)3-6-12(17)13(14)10-7-9(16)4-5-11(10)15(18)19;/h4-5,7-8,12-13,16-17H,3,6,14H2,1-2H3;1H/t12-,13+;/m0./s1. The third-order valence-electron chi connectivity index (χ3n) is 3.02. The number of phenolic OH excluding ortho intramolecular Hbond substituents is 1. The summed E-state index contributed by atoms with van der Waals surface area (Å²) in [5.41, 5.74) is 5.83. The molecule has 1 aromatic carbocycles. The van der Waals surface area contributed by atoms with E-state index in [0.29, 0.717) is 12.3 Å². The van der Waals surface area contributed by atoms with E-state index in [-0.39, 0.29) is 29.4 Å². The molecule has 0 amide bonds. The summed E-state index contributed by atoms with van der Waals surface area (Å²) in [6, 6.07) is 2.78. The molecule has 2 atom stereocenters. The Morgan fingerprint density at radius 3 is 2.45 bits per heavy atom. The van der Waals surface area contributed by atoms with E-state index in [1.54, 1.807) is 0 Å². The molecule has 0 unspecified atom stereocenters. The summed E-state index contributed by atoms with van der Waals surface area (Å²) >= 11 is 0. The number of aliphatic hydroxyl groups excluding tert-OH is 1. The zero-order valence-electron chi connectivity index (χ0n) is 11.5. The highest BCUT2D eigenvalue weighted by molar-refractivity contribution is 5.85. The highest BCUT2D eigenvalue weighted by Gasteiger charge is 2.25. The smallest absolute Gasteiger partial charge is 0.274 e. The average Bonchev–Trinajstić information content (AvgIpc) is 2.34. The number of hydrogen-bond acceptors (Lipinski definition) is 5. The topological polar surface area (TPSA) is 110 Å². The average molecular weight is 305 g/mol. The summed E-state index contributed by atoms with van der Waals surface area (Å²) in [5, 5.41) is 30.3. The fourth-order valence-electron chi connectivity index (χ4n) is 1.87. The van der Waals surface area contributed by atoms with Gasteiger partial charge in [0.1, 0.15) is 5.75 Å². The van der Waals surface area contributed by atoms with Gasteiger partial charge in [0, 0.05) is 6.07 Å². The quantitative estimate of drug-likeness (QED) is 0.552. The summed E-state index contributed by atoms with van der Waals surface area (Å²) in [6.45, 7) is 4.05. The fraction of sp³-hybridized carbons (Fsp3) is 0.538. The van der Waals surface area contributed by atoms with Crippen molar-refractivity contribution in [3.05, 3.63) is 33.9 Å². The van der Waals surface area contributed by atoms with Gasteiger partial charge in [-0.15, -0.1) is 12.4 Å². The first-order valence-corrected chi connectivity index (χ1v) is 6.24. The van der Waals surface area contributed by atoms with Gasteiger partial charge >= 0.3 is 0 Å². The number of nitrogens with two attached hydrogens (primary N) is 1. The third kappa shape index (κ3) is 4.96. The first-order chi connectivity index (χ1) is 8.82. The number of aliphatic hydroxyl groups is 1. The zero-order valence-corrected chi connectivity index (χ0v) is 12.3. The molecule has 0 fully saturated rings. The van der Waals surface area contributed by atoms with Crippen LogP contribution in [0.25, 0.3) is 0 Å². The van der Waals surface area contributed by atoms with Crippen molar-refractivity contribution in [3.8, 4) is 5.75 Å². The van der Waals surface area contributed by atoms with E-state index in [1.807, 2.05) is 13.8 Å². The molecule has 6 nitrogen and oxygen atoms in total. The lowest BCUT2D eigenvalue weighted by Gasteiger charge is -2.20. The van der Waals surface area contributed by atoms with Crippen molar-refractivity contribution in [2.24, 2.45) is 11.7 Å². The van der Waals surface area contributed by atoms with Crippen LogP contribution >= 0.6 is 12.4 Å². The second-order valence-electron chi connectivity index (χ2n) is 5.06. The van der Waals surface area contributed by atoms with Crippen LogP contribution in [-0.4, -0.2) is 21.2 Å². The summed E-state index contributed by atoms with van der Waals surface area (Å²) in [6.07, 6.45) is 0.371. The first-order valence-electron chi connectivity index (χ1n) is 6.24. The molecular formula is C13H21ClN2O4. The molecule has 0 radical (unpaired) electrons. The van der Waals surface area contributed by atoms with Crippen LogP contribution in [0.4, 0.5) is 5.69 Å². The van der Waals surface area contributed by atoms with Crippen LogP contribution in [0, 0.1) is 16.0 Å². The lowest BCUT2D eigenvalue weighted by atomic mass is 9.95. The molecule has 4 N–H and O–H groups in total. The Morgan fingerprint density at radius 1 is 1.35 bits per heavy atom. The number of nitrogens with zero attached hydrogens (tertiary/aromatic N) is 1. The number of nitro benzene ring substituents is 1. The van der Waals surface area contributed by atoms with Gasteiger partial charge in [-0.2, -0.15) is 0 Å². The maximum atomic E-state index is 10.9. The largest absolute Gasteiger partial charge is 0.508 e. The van der Waals surface area contributed by atoms with Crippen LogP contribution in [-0.2, 0) is 0 Å². The Hall–Kier alpha value is -1.37. The molecule has 0 saturated heterocycles. The van der Waals surface area contributed by atoms with Crippen molar-refractivity contribution in [2.75, 3.05) is 0 Å². The van der Waals surface area contributed by atoms with Gasteiger partial charge in [0.25, 0.3) is 5.69 Å². The molecule has 0 bridgehead atoms. The normalized spacial score (nSPS) is 13.7. The lowest BCUT2D eigenvalue weighted by Crippen LogP contribution is -2.27. The lowest BCUT2D eigenvalue weighted by molar-refractivity contribution is -0.385. The van der Waals surface area contributed by atoms with Crippen LogP contribution in [0.5, 0.6) is 5.75 Å². The fourth-order valence-corrected chi connectivity index (χ4v) is 1.87. The molecule has 0 saturated carbocycles. The Kier molecular flexibility index (Phi) is 7.49. The molecule has 7 heteroatoms. The van der Waals surface area contributed by atoms with E-state index in [9.17, 15) is 20.3 Å². The van der Waals surface area contributed by atoms with Gasteiger partial charge in [-0.3, -0.25) is 10.1 Å². The van der Waals surface area contributed by atoms with Crippen molar-refractivity contribution >= 4 is 18.1 Å². The molecule has 1 rings (SSSR count). The van der Waals surface area contributed by atoms with Crippen LogP contribution in [0.3, 0.4) is 0 Å². The Balaban J connectivity index is 0.00000361. The highest BCUT2D eigenvalue weighted by Crippen LogP contribution is 2.30. The van der Waals surface area contributed by atoms with E-state index < -0.39 is 17.1 Å². The van der Waals surface area contributed by atoms with Gasteiger partial charge in [-0.1, -0.05) is 13.8 Å². The second-order valence-corrected chi connectivity index (χ2v) is 5.06. The van der Waals surface area contributed by atoms with Crippen molar-refractivity contribution in [3.63, 3.8) is 0 Å². The van der Waals surface area contributed by atoms with E-state index >= 15 is 0 Å². The molecule has 1 aromatic rings. The predicted octanol–water partition coefficient (Wildman–Crippen LogP) is 2.52. The minimum absolute atomic E-state index is 0. The van der Waals surface area contributed by atoms with E-state index in [0.717, 1.165) is 6.42 Å². The Bertz CT molecular complexity index is 454. The number of aromatic hydroxyl groups is 1. The Morgan fingerprint density at radius 2 is 1.95 bits per heavy atom.